The van der Waals surface area contributed by atoms with Gasteiger partial charge in [-0.1, -0.05) is 23.9 Å². The number of fused-ring (bicyclic) bond motifs is 1. The van der Waals surface area contributed by atoms with Crippen LogP contribution in [-0.4, -0.2) is 26.5 Å². The highest BCUT2D eigenvalue weighted by molar-refractivity contribution is 7.99. The first-order valence-corrected chi connectivity index (χ1v) is 9.86. The van der Waals surface area contributed by atoms with Crippen LogP contribution in [0.15, 0.2) is 58.8 Å². The largest absolute Gasteiger partial charge is 0.318 e. The number of hydrogen-bond donors (Lipinski definition) is 0. The third kappa shape index (κ3) is 2.79. The Kier molecular flexibility index (Phi) is 4.14. The minimum Gasteiger partial charge on any atom is -0.318 e. The van der Waals surface area contributed by atoms with E-state index in [4.69, 9.17) is 4.98 Å². The molecule has 1 aromatic carbocycles. The normalized spacial score (nSPS) is 13.8. The summed E-state index contributed by atoms with van der Waals surface area (Å²) < 4.78 is 2.36. The Morgan fingerprint density at radius 2 is 1.83 bits per heavy atom. The molecule has 0 N–H and O–H groups in total. The molecule has 0 bridgehead atoms. The van der Waals surface area contributed by atoms with E-state index < -0.39 is 0 Å². The van der Waals surface area contributed by atoms with Crippen LogP contribution in [0.2, 0.25) is 0 Å². The summed E-state index contributed by atoms with van der Waals surface area (Å²) in [6.45, 7) is 1.04. The first-order chi connectivity index (χ1) is 11.4. The van der Waals surface area contributed by atoms with Gasteiger partial charge < -0.3 is 4.57 Å². The maximum Gasteiger partial charge on any atom is 0.169 e. The Hall–Kier alpha value is -1.72. The standard InChI is InChI=1S/C18H17N3S2/c1-22-15-5-3-13(4-6-15)16-17(14-7-9-19-10-8-14)21-11-2-12-23-18(21)20-16/h3-10H,2,11-12H2,1H3. The molecule has 5 heteroatoms. The van der Waals surface area contributed by atoms with Gasteiger partial charge in [0, 0.05) is 40.7 Å². The fourth-order valence-corrected chi connectivity index (χ4v) is 4.25. The first kappa shape index (κ1) is 14.8. The van der Waals surface area contributed by atoms with Gasteiger partial charge in [-0.15, -0.1) is 11.8 Å². The molecule has 3 nitrogen and oxygen atoms in total. The van der Waals surface area contributed by atoms with Gasteiger partial charge in [0.25, 0.3) is 0 Å². The van der Waals surface area contributed by atoms with E-state index in [-0.39, 0.29) is 0 Å². The lowest BCUT2D eigenvalue weighted by Crippen LogP contribution is -2.08. The summed E-state index contributed by atoms with van der Waals surface area (Å²) in [4.78, 5) is 10.4. The zero-order chi connectivity index (χ0) is 15.6. The molecule has 0 saturated carbocycles. The molecule has 1 aliphatic heterocycles. The van der Waals surface area contributed by atoms with Crippen LogP contribution in [0.1, 0.15) is 6.42 Å². The predicted molar refractivity (Wildman–Crippen MR) is 98.0 cm³/mol. The van der Waals surface area contributed by atoms with Gasteiger partial charge >= 0.3 is 0 Å². The summed E-state index contributed by atoms with van der Waals surface area (Å²) >= 11 is 3.62. The second-order valence-electron chi connectivity index (χ2n) is 5.41. The monoisotopic (exact) mass is 339 g/mol. The Morgan fingerprint density at radius 3 is 2.57 bits per heavy atom. The molecule has 0 amide bonds. The van der Waals surface area contributed by atoms with Crippen molar-refractivity contribution in [3.63, 3.8) is 0 Å². The lowest BCUT2D eigenvalue weighted by Gasteiger charge is -2.16. The van der Waals surface area contributed by atoms with Crippen molar-refractivity contribution in [1.29, 1.82) is 0 Å². The minimum absolute atomic E-state index is 1.04. The fraction of sp³-hybridized carbons (Fsp3) is 0.222. The van der Waals surface area contributed by atoms with Gasteiger partial charge in [-0.25, -0.2) is 4.98 Å². The van der Waals surface area contributed by atoms with Gasteiger partial charge in [0.15, 0.2) is 5.16 Å². The van der Waals surface area contributed by atoms with E-state index >= 15 is 0 Å². The van der Waals surface area contributed by atoms with Crippen molar-refractivity contribution in [3.05, 3.63) is 48.8 Å². The summed E-state index contributed by atoms with van der Waals surface area (Å²) in [5.41, 5.74) is 4.65. The molecule has 3 aromatic rings. The maximum absolute atomic E-state index is 4.95. The smallest absolute Gasteiger partial charge is 0.169 e. The number of pyridine rings is 1. The van der Waals surface area contributed by atoms with Gasteiger partial charge in [0.05, 0.1) is 11.4 Å². The Labute approximate surface area is 144 Å². The van der Waals surface area contributed by atoms with Crippen LogP contribution in [0.25, 0.3) is 22.5 Å². The topological polar surface area (TPSA) is 30.7 Å². The summed E-state index contributed by atoms with van der Waals surface area (Å²) in [5.74, 6) is 1.15. The first-order valence-electron chi connectivity index (χ1n) is 7.65. The van der Waals surface area contributed by atoms with Gasteiger partial charge in [-0.05, 0) is 36.9 Å². The van der Waals surface area contributed by atoms with Crippen LogP contribution in [0.4, 0.5) is 0 Å². The number of benzene rings is 1. The van der Waals surface area contributed by atoms with Gasteiger partial charge in [-0.3, -0.25) is 4.98 Å². The molecule has 1 aliphatic rings. The van der Waals surface area contributed by atoms with E-state index in [1.165, 1.54) is 28.1 Å². The quantitative estimate of drug-likeness (QED) is 0.640. The summed E-state index contributed by atoms with van der Waals surface area (Å²) in [7, 11) is 0. The molecule has 0 atom stereocenters. The third-order valence-corrected chi connectivity index (χ3v) is 5.81. The van der Waals surface area contributed by atoms with Crippen molar-refractivity contribution in [2.45, 2.75) is 23.0 Å². The zero-order valence-electron chi connectivity index (χ0n) is 12.9. The molecule has 0 spiro atoms. The molecular weight excluding hydrogens is 322 g/mol. The number of thioether (sulfide) groups is 2. The molecule has 4 rings (SSSR count). The number of aromatic nitrogens is 3. The van der Waals surface area contributed by atoms with E-state index in [0.29, 0.717) is 0 Å². The van der Waals surface area contributed by atoms with Crippen molar-refractivity contribution in [3.8, 4) is 22.5 Å². The van der Waals surface area contributed by atoms with Crippen LogP contribution >= 0.6 is 23.5 Å². The second-order valence-corrected chi connectivity index (χ2v) is 7.35. The average molecular weight is 339 g/mol. The van der Waals surface area contributed by atoms with E-state index in [2.05, 4.69) is 52.2 Å². The van der Waals surface area contributed by atoms with E-state index in [1.807, 2.05) is 24.2 Å². The number of imidazole rings is 1. The average Bonchev–Trinajstić information content (AvgIpc) is 3.02. The lowest BCUT2D eigenvalue weighted by atomic mass is 10.1. The molecule has 116 valence electrons. The van der Waals surface area contributed by atoms with Gasteiger partial charge in [0.2, 0.25) is 0 Å². The fourth-order valence-electron chi connectivity index (χ4n) is 2.89. The molecule has 0 aliphatic carbocycles. The van der Waals surface area contributed by atoms with E-state index in [1.54, 1.807) is 11.8 Å². The number of hydrogen-bond acceptors (Lipinski definition) is 4. The zero-order valence-corrected chi connectivity index (χ0v) is 14.5. The molecule has 0 radical (unpaired) electrons. The SMILES string of the molecule is CSc1ccc(-c2nc3n(c2-c2ccncc2)CCCS3)cc1. The highest BCUT2D eigenvalue weighted by Gasteiger charge is 2.22. The maximum atomic E-state index is 4.95. The molecule has 0 unspecified atom stereocenters. The minimum atomic E-state index is 1.04. The van der Waals surface area contributed by atoms with Gasteiger partial charge in [0.1, 0.15) is 0 Å². The third-order valence-electron chi connectivity index (χ3n) is 4.01. The highest BCUT2D eigenvalue weighted by atomic mass is 32.2. The van der Waals surface area contributed by atoms with Crippen LogP contribution in [-0.2, 0) is 6.54 Å². The predicted octanol–water partition coefficient (Wildman–Crippen LogP) is 4.83. The molecule has 0 saturated heterocycles. The van der Waals surface area contributed by atoms with Gasteiger partial charge in [-0.2, -0.15) is 0 Å². The molecule has 23 heavy (non-hydrogen) atoms. The number of nitrogens with zero attached hydrogens (tertiary/aromatic N) is 3. The molecular formula is C18H17N3S2. The Morgan fingerprint density at radius 1 is 1.04 bits per heavy atom. The number of rotatable bonds is 3. The van der Waals surface area contributed by atoms with Crippen molar-refractivity contribution >= 4 is 23.5 Å². The second kappa shape index (κ2) is 6.42. The van der Waals surface area contributed by atoms with Crippen molar-refractivity contribution < 1.29 is 0 Å². The van der Waals surface area contributed by atoms with Crippen LogP contribution in [0.3, 0.4) is 0 Å². The Bertz CT molecular complexity index is 810. The highest BCUT2D eigenvalue weighted by Crippen LogP contribution is 2.38. The molecule has 3 heterocycles. The van der Waals surface area contributed by atoms with Crippen molar-refractivity contribution in [2.24, 2.45) is 0 Å². The van der Waals surface area contributed by atoms with Crippen LogP contribution in [0.5, 0.6) is 0 Å². The molecule has 2 aromatic heterocycles. The van der Waals surface area contributed by atoms with Crippen molar-refractivity contribution in [2.75, 3.05) is 12.0 Å². The van der Waals surface area contributed by atoms with E-state index in [0.717, 1.165) is 23.1 Å². The van der Waals surface area contributed by atoms with E-state index in [9.17, 15) is 0 Å². The lowest BCUT2D eigenvalue weighted by molar-refractivity contribution is 0.612. The van der Waals surface area contributed by atoms with Crippen molar-refractivity contribution in [1.82, 2.24) is 14.5 Å². The summed E-state index contributed by atoms with van der Waals surface area (Å²) in [6, 6.07) is 12.8. The van der Waals surface area contributed by atoms with Crippen LogP contribution in [0, 0.1) is 0 Å². The summed E-state index contributed by atoms with van der Waals surface area (Å²) in [6.07, 6.45) is 7.00. The Balaban J connectivity index is 1.90. The molecule has 0 fully saturated rings. The summed E-state index contributed by atoms with van der Waals surface area (Å²) in [5, 5.41) is 1.13. The van der Waals surface area contributed by atoms with Crippen LogP contribution < -0.4 is 0 Å².